The molecule has 170 valence electrons. The third-order valence-corrected chi connectivity index (χ3v) is 5.93. The molecule has 1 aromatic carbocycles. The normalized spacial score (nSPS) is 17.3. The molecule has 1 amide bonds. The highest BCUT2D eigenvalue weighted by atomic mass is 19.4. The summed E-state index contributed by atoms with van der Waals surface area (Å²) in [5, 5.41) is 23.2. The van der Waals surface area contributed by atoms with Crippen molar-refractivity contribution < 1.29 is 32.2 Å². The maximum absolute atomic E-state index is 13.6. The zero-order chi connectivity index (χ0) is 23.0. The van der Waals surface area contributed by atoms with Crippen LogP contribution in [0.2, 0.25) is 0 Å². The van der Waals surface area contributed by atoms with E-state index in [0.717, 1.165) is 21.8 Å². The Kier molecular flexibility index (Phi) is 5.81. The number of hydrogen-bond acceptors (Lipinski definition) is 5. The lowest BCUT2D eigenvalue weighted by Crippen LogP contribution is -2.44. The van der Waals surface area contributed by atoms with Crippen LogP contribution in [0.4, 0.5) is 22.4 Å². The third kappa shape index (κ3) is 4.02. The van der Waals surface area contributed by atoms with E-state index in [1.54, 1.807) is 10.7 Å². The molecular formula is C21H20F4N4O3. The fourth-order valence-corrected chi connectivity index (χ4v) is 4.26. The van der Waals surface area contributed by atoms with Crippen molar-refractivity contribution >= 4 is 6.09 Å². The van der Waals surface area contributed by atoms with Gasteiger partial charge in [0.05, 0.1) is 29.2 Å². The fourth-order valence-electron chi connectivity index (χ4n) is 4.26. The van der Waals surface area contributed by atoms with Gasteiger partial charge in [0.2, 0.25) is 6.10 Å². The third-order valence-electron chi connectivity index (χ3n) is 5.93. The second-order valence-electron chi connectivity index (χ2n) is 7.86. The van der Waals surface area contributed by atoms with Crippen molar-refractivity contribution in [3.63, 3.8) is 0 Å². The quantitative estimate of drug-likeness (QED) is 0.723. The second kappa shape index (κ2) is 8.43. The molecule has 4 rings (SSSR count). The van der Waals surface area contributed by atoms with E-state index in [2.05, 4.69) is 15.9 Å². The van der Waals surface area contributed by atoms with E-state index in [0.29, 0.717) is 36.9 Å². The van der Waals surface area contributed by atoms with Gasteiger partial charge in [-0.25, -0.2) is 13.9 Å². The molecule has 1 fully saturated rings. The van der Waals surface area contributed by atoms with Gasteiger partial charge in [0.25, 0.3) is 0 Å². The summed E-state index contributed by atoms with van der Waals surface area (Å²) in [6.45, 7) is -1.08. The Hall–Kier alpha value is -3.13. The van der Waals surface area contributed by atoms with E-state index in [1.807, 2.05) is 0 Å². The maximum Gasteiger partial charge on any atom is 0.427 e. The van der Waals surface area contributed by atoms with Crippen molar-refractivity contribution in [2.45, 2.75) is 43.9 Å². The molecule has 0 spiro atoms. The van der Waals surface area contributed by atoms with E-state index < -0.39 is 25.0 Å². The van der Waals surface area contributed by atoms with Gasteiger partial charge in [-0.3, -0.25) is 0 Å². The van der Waals surface area contributed by atoms with Gasteiger partial charge in [0, 0.05) is 19.0 Å². The molecule has 0 radical (unpaired) electrons. The van der Waals surface area contributed by atoms with Gasteiger partial charge < -0.3 is 14.7 Å². The summed E-state index contributed by atoms with van der Waals surface area (Å²) in [5.74, 6) is -0.500. The second-order valence-corrected chi connectivity index (χ2v) is 7.86. The zero-order valence-corrected chi connectivity index (χ0v) is 16.9. The van der Waals surface area contributed by atoms with Gasteiger partial charge in [0.15, 0.2) is 0 Å². The highest BCUT2D eigenvalue weighted by Gasteiger charge is 2.43. The number of piperidine rings is 1. The lowest BCUT2D eigenvalue weighted by Gasteiger charge is -2.32. The van der Waals surface area contributed by atoms with Crippen LogP contribution in [-0.2, 0) is 17.6 Å². The van der Waals surface area contributed by atoms with E-state index >= 15 is 0 Å². The molecule has 0 bridgehead atoms. The molecular weight excluding hydrogens is 432 g/mol. The predicted molar refractivity (Wildman–Crippen MR) is 103 cm³/mol. The molecule has 11 heteroatoms. The number of halogens is 4. The monoisotopic (exact) mass is 452 g/mol. The van der Waals surface area contributed by atoms with Crippen molar-refractivity contribution in [2.24, 2.45) is 0 Å². The van der Waals surface area contributed by atoms with Crippen LogP contribution in [-0.4, -0.2) is 57.9 Å². The van der Waals surface area contributed by atoms with Crippen molar-refractivity contribution in [3.8, 4) is 11.8 Å². The van der Waals surface area contributed by atoms with E-state index in [9.17, 15) is 27.6 Å². The SMILES string of the molecule is N#Cc1c(C2CCN(C(=O)OC(CO)C(F)(F)F)CC2)nn2c1CCc1cc(F)ccc1-2. The van der Waals surface area contributed by atoms with E-state index in [-0.39, 0.29) is 24.8 Å². The first-order valence-corrected chi connectivity index (χ1v) is 10.2. The molecule has 0 saturated carbocycles. The number of benzene rings is 1. The van der Waals surface area contributed by atoms with Crippen LogP contribution in [0.15, 0.2) is 18.2 Å². The Bertz CT molecular complexity index is 1070. The first-order valence-electron chi connectivity index (χ1n) is 10.2. The molecule has 1 atom stereocenters. The number of aliphatic hydroxyl groups is 1. The number of carbonyl (C=O) groups is 1. The number of rotatable bonds is 3. The smallest absolute Gasteiger partial charge is 0.427 e. The lowest BCUT2D eigenvalue weighted by atomic mass is 9.90. The number of amides is 1. The van der Waals surface area contributed by atoms with Crippen molar-refractivity contribution in [2.75, 3.05) is 19.7 Å². The molecule has 1 saturated heterocycles. The number of likely N-dealkylation sites (tertiary alicyclic amines) is 1. The molecule has 3 heterocycles. The Morgan fingerprint density at radius 1 is 1.31 bits per heavy atom. The highest BCUT2D eigenvalue weighted by molar-refractivity contribution is 5.68. The standard InChI is InChI=1S/C21H20F4N4O3/c22-14-2-4-16-13(9-14)1-3-17-15(10-26)19(27-29(16)17)12-5-7-28(8-6-12)20(31)32-18(11-30)21(23,24)25/h2,4,9,12,18,30H,1,3,5-8,11H2. The van der Waals surface area contributed by atoms with Crippen LogP contribution in [0.5, 0.6) is 0 Å². The summed E-state index contributed by atoms with van der Waals surface area (Å²) in [6, 6.07) is 6.63. The molecule has 0 aliphatic carbocycles. The summed E-state index contributed by atoms with van der Waals surface area (Å²) in [5.41, 5.74) is 3.31. The van der Waals surface area contributed by atoms with Crippen LogP contribution >= 0.6 is 0 Å². The maximum atomic E-state index is 13.6. The largest absolute Gasteiger partial charge is 0.434 e. The molecule has 32 heavy (non-hydrogen) atoms. The Balaban J connectivity index is 1.50. The number of alkyl halides is 3. The molecule has 1 unspecified atom stereocenters. The summed E-state index contributed by atoms with van der Waals surface area (Å²) >= 11 is 0. The molecule has 2 aliphatic rings. The first-order chi connectivity index (χ1) is 15.2. The molecule has 1 N–H and O–H groups in total. The number of nitriles is 1. The Morgan fingerprint density at radius 2 is 2.03 bits per heavy atom. The molecule has 7 nitrogen and oxygen atoms in total. The summed E-state index contributed by atoms with van der Waals surface area (Å²) in [7, 11) is 0. The number of ether oxygens (including phenoxy) is 1. The summed E-state index contributed by atoms with van der Waals surface area (Å²) in [6.07, 6.45) is -6.64. The molecule has 2 aromatic rings. The van der Waals surface area contributed by atoms with Gasteiger partial charge >= 0.3 is 12.3 Å². The molecule has 2 aliphatic heterocycles. The summed E-state index contributed by atoms with van der Waals surface area (Å²) in [4.78, 5) is 13.3. The van der Waals surface area contributed by atoms with Crippen molar-refractivity contribution in [1.82, 2.24) is 14.7 Å². The number of carbonyl (C=O) groups excluding carboxylic acids is 1. The average Bonchev–Trinajstić information content (AvgIpc) is 3.15. The van der Waals surface area contributed by atoms with Crippen molar-refractivity contribution in [1.29, 1.82) is 5.26 Å². The zero-order valence-electron chi connectivity index (χ0n) is 16.9. The van der Waals surface area contributed by atoms with Crippen LogP contribution in [0.25, 0.3) is 5.69 Å². The number of nitrogens with zero attached hydrogens (tertiary/aromatic N) is 4. The van der Waals surface area contributed by atoms with Gasteiger partial charge in [0.1, 0.15) is 11.9 Å². The number of aromatic nitrogens is 2. The number of fused-ring (bicyclic) bond motifs is 3. The molecule has 1 aromatic heterocycles. The van der Waals surface area contributed by atoms with Crippen LogP contribution in [0.1, 0.15) is 41.3 Å². The van der Waals surface area contributed by atoms with E-state index in [4.69, 9.17) is 5.11 Å². The van der Waals surface area contributed by atoms with Gasteiger partial charge in [-0.1, -0.05) is 0 Å². The highest BCUT2D eigenvalue weighted by Crippen LogP contribution is 2.35. The van der Waals surface area contributed by atoms with Gasteiger partial charge in [-0.15, -0.1) is 0 Å². The lowest BCUT2D eigenvalue weighted by molar-refractivity contribution is -0.214. The Labute approximate surface area is 180 Å². The Morgan fingerprint density at radius 3 is 2.66 bits per heavy atom. The number of aliphatic hydroxyl groups excluding tert-OH is 1. The van der Waals surface area contributed by atoms with Crippen LogP contribution < -0.4 is 0 Å². The number of hydrogen-bond donors (Lipinski definition) is 1. The topological polar surface area (TPSA) is 91.4 Å². The average molecular weight is 452 g/mol. The fraction of sp³-hybridized carbons (Fsp3) is 0.476. The van der Waals surface area contributed by atoms with E-state index in [1.165, 1.54) is 12.1 Å². The minimum atomic E-state index is -4.85. The summed E-state index contributed by atoms with van der Waals surface area (Å²) < 4.78 is 57.9. The minimum Gasteiger partial charge on any atom is -0.434 e. The number of aryl methyl sites for hydroxylation is 1. The minimum absolute atomic E-state index is 0.133. The van der Waals surface area contributed by atoms with Crippen molar-refractivity contribution in [3.05, 3.63) is 46.5 Å². The van der Waals surface area contributed by atoms with Crippen LogP contribution in [0.3, 0.4) is 0 Å². The van der Waals surface area contributed by atoms with Crippen LogP contribution in [0, 0.1) is 17.1 Å². The first kappa shape index (κ1) is 22.1. The predicted octanol–water partition coefficient (Wildman–Crippen LogP) is 3.22. The van der Waals surface area contributed by atoms with Gasteiger partial charge in [-0.2, -0.15) is 23.5 Å². The van der Waals surface area contributed by atoms with Gasteiger partial charge in [-0.05, 0) is 49.4 Å².